The standard InChI is InChI=1S/C11H15ClO3/c1-7-6-8(2-3-9(7)12)11(15)10(14)4-5-13/h2-3,6,10-11,13-15H,4-5H2,1H3. The highest BCUT2D eigenvalue weighted by Gasteiger charge is 2.17. The van der Waals surface area contributed by atoms with E-state index < -0.39 is 12.2 Å². The van der Waals surface area contributed by atoms with Crippen LogP contribution in [0.15, 0.2) is 18.2 Å². The minimum Gasteiger partial charge on any atom is -0.396 e. The van der Waals surface area contributed by atoms with E-state index in [0.717, 1.165) is 5.56 Å². The number of hydrogen-bond acceptors (Lipinski definition) is 3. The van der Waals surface area contributed by atoms with Gasteiger partial charge in [0.2, 0.25) is 0 Å². The summed E-state index contributed by atoms with van der Waals surface area (Å²) < 4.78 is 0. The SMILES string of the molecule is Cc1cc(C(O)C(O)CCO)ccc1Cl. The summed E-state index contributed by atoms with van der Waals surface area (Å²) in [5, 5.41) is 28.5. The fourth-order valence-corrected chi connectivity index (χ4v) is 1.48. The molecule has 4 heteroatoms. The first-order chi connectivity index (χ1) is 7.06. The number of halogens is 1. The summed E-state index contributed by atoms with van der Waals surface area (Å²) in [7, 11) is 0. The third kappa shape index (κ3) is 3.18. The summed E-state index contributed by atoms with van der Waals surface area (Å²) in [6.07, 6.45) is -1.77. The zero-order valence-electron chi connectivity index (χ0n) is 8.52. The first kappa shape index (κ1) is 12.5. The average Bonchev–Trinajstić information content (AvgIpc) is 2.21. The second-order valence-corrected chi connectivity index (χ2v) is 3.94. The molecule has 0 bridgehead atoms. The van der Waals surface area contributed by atoms with Crippen molar-refractivity contribution in [3.05, 3.63) is 34.3 Å². The van der Waals surface area contributed by atoms with Crippen molar-refractivity contribution in [1.82, 2.24) is 0 Å². The molecule has 0 spiro atoms. The highest BCUT2D eigenvalue weighted by atomic mass is 35.5. The molecule has 84 valence electrons. The maximum absolute atomic E-state index is 9.73. The van der Waals surface area contributed by atoms with Gasteiger partial charge in [0.15, 0.2) is 0 Å². The Hall–Kier alpha value is -0.610. The van der Waals surface area contributed by atoms with Gasteiger partial charge in [0.1, 0.15) is 6.10 Å². The van der Waals surface area contributed by atoms with Crippen molar-refractivity contribution < 1.29 is 15.3 Å². The molecule has 0 heterocycles. The van der Waals surface area contributed by atoms with Crippen LogP contribution >= 0.6 is 11.6 Å². The number of rotatable bonds is 4. The molecule has 1 aromatic carbocycles. The Morgan fingerprint density at radius 1 is 1.33 bits per heavy atom. The van der Waals surface area contributed by atoms with E-state index in [0.29, 0.717) is 10.6 Å². The molecule has 0 radical (unpaired) electrons. The van der Waals surface area contributed by atoms with E-state index in [2.05, 4.69) is 0 Å². The highest BCUT2D eigenvalue weighted by molar-refractivity contribution is 6.31. The molecule has 0 saturated carbocycles. The van der Waals surface area contributed by atoms with Gasteiger partial charge in [-0.25, -0.2) is 0 Å². The summed E-state index contributed by atoms with van der Waals surface area (Å²) in [5.74, 6) is 0. The van der Waals surface area contributed by atoms with Crippen LogP contribution in [0.3, 0.4) is 0 Å². The smallest absolute Gasteiger partial charge is 0.105 e. The van der Waals surface area contributed by atoms with Gasteiger partial charge in [-0.05, 0) is 30.5 Å². The molecule has 1 aromatic rings. The topological polar surface area (TPSA) is 60.7 Å². The fraction of sp³-hybridized carbons (Fsp3) is 0.455. The molecule has 3 N–H and O–H groups in total. The monoisotopic (exact) mass is 230 g/mol. The fourth-order valence-electron chi connectivity index (χ4n) is 1.36. The largest absolute Gasteiger partial charge is 0.396 e. The van der Waals surface area contributed by atoms with E-state index in [1.807, 2.05) is 6.92 Å². The predicted molar refractivity (Wildman–Crippen MR) is 58.9 cm³/mol. The number of hydrogen-bond donors (Lipinski definition) is 3. The molecule has 0 aromatic heterocycles. The van der Waals surface area contributed by atoms with Crippen LogP contribution < -0.4 is 0 Å². The summed E-state index contributed by atoms with van der Waals surface area (Å²) in [5.41, 5.74) is 1.46. The number of aryl methyl sites for hydroxylation is 1. The van der Waals surface area contributed by atoms with Gasteiger partial charge in [-0.1, -0.05) is 23.7 Å². The predicted octanol–water partition coefficient (Wildman–Crippen LogP) is 1.43. The molecular weight excluding hydrogens is 216 g/mol. The van der Waals surface area contributed by atoms with E-state index in [4.69, 9.17) is 16.7 Å². The number of aliphatic hydroxyl groups is 3. The van der Waals surface area contributed by atoms with Gasteiger partial charge in [-0.2, -0.15) is 0 Å². The van der Waals surface area contributed by atoms with Crippen LogP contribution in [0, 0.1) is 6.92 Å². The van der Waals surface area contributed by atoms with E-state index >= 15 is 0 Å². The van der Waals surface area contributed by atoms with Crippen LogP contribution in [0.2, 0.25) is 5.02 Å². The van der Waals surface area contributed by atoms with Crippen molar-refractivity contribution in [3.63, 3.8) is 0 Å². The Morgan fingerprint density at radius 3 is 2.53 bits per heavy atom. The van der Waals surface area contributed by atoms with Gasteiger partial charge in [-0.15, -0.1) is 0 Å². The average molecular weight is 231 g/mol. The van der Waals surface area contributed by atoms with Crippen LogP contribution in [0.4, 0.5) is 0 Å². The minimum atomic E-state index is -0.979. The first-order valence-corrected chi connectivity index (χ1v) is 5.17. The molecule has 0 aliphatic rings. The number of aliphatic hydroxyl groups excluding tert-OH is 3. The van der Waals surface area contributed by atoms with E-state index in [1.54, 1.807) is 18.2 Å². The van der Waals surface area contributed by atoms with Crippen molar-refractivity contribution in [2.75, 3.05) is 6.61 Å². The van der Waals surface area contributed by atoms with Crippen LogP contribution in [0.1, 0.15) is 23.7 Å². The van der Waals surface area contributed by atoms with Crippen molar-refractivity contribution in [3.8, 4) is 0 Å². The van der Waals surface area contributed by atoms with Gasteiger partial charge in [0.25, 0.3) is 0 Å². The van der Waals surface area contributed by atoms with E-state index in [9.17, 15) is 10.2 Å². The summed E-state index contributed by atoms with van der Waals surface area (Å²) in [6, 6.07) is 5.08. The third-order valence-corrected chi connectivity index (χ3v) is 2.74. The van der Waals surface area contributed by atoms with Gasteiger partial charge in [0, 0.05) is 11.6 Å². The lowest BCUT2D eigenvalue weighted by Crippen LogP contribution is -2.19. The molecule has 15 heavy (non-hydrogen) atoms. The molecule has 1 rings (SSSR count). The van der Waals surface area contributed by atoms with E-state index in [1.165, 1.54) is 0 Å². The molecule has 0 aliphatic carbocycles. The number of benzene rings is 1. The molecule has 2 atom stereocenters. The molecule has 0 saturated heterocycles. The second-order valence-electron chi connectivity index (χ2n) is 3.53. The maximum atomic E-state index is 9.73. The van der Waals surface area contributed by atoms with Gasteiger partial charge in [-0.3, -0.25) is 0 Å². The van der Waals surface area contributed by atoms with Crippen molar-refractivity contribution >= 4 is 11.6 Å². The molecular formula is C11H15ClO3. The quantitative estimate of drug-likeness (QED) is 0.733. The molecule has 3 nitrogen and oxygen atoms in total. The first-order valence-electron chi connectivity index (χ1n) is 4.79. The summed E-state index contributed by atoms with van der Waals surface area (Å²) >= 11 is 5.84. The molecule has 0 aliphatic heterocycles. The summed E-state index contributed by atoms with van der Waals surface area (Å²) in [4.78, 5) is 0. The normalized spacial score (nSPS) is 15.0. The minimum absolute atomic E-state index is 0.148. The lowest BCUT2D eigenvalue weighted by molar-refractivity contribution is 0.00419. The Morgan fingerprint density at radius 2 is 2.00 bits per heavy atom. The second kappa shape index (κ2) is 5.47. The van der Waals surface area contributed by atoms with Gasteiger partial charge < -0.3 is 15.3 Å². The lowest BCUT2D eigenvalue weighted by Gasteiger charge is -2.17. The van der Waals surface area contributed by atoms with E-state index in [-0.39, 0.29) is 13.0 Å². The van der Waals surface area contributed by atoms with Crippen LogP contribution in [-0.2, 0) is 0 Å². The highest BCUT2D eigenvalue weighted by Crippen LogP contribution is 2.23. The van der Waals surface area contributed by atoms with Crippen LogP contribution in [0.5, 0.6) is 0 Å². The van der Waals surface area contributed by atoms with Gasteiger partial charge in [0.05, 0.1) is 6.10 Å². The van der Waals surface area contributed by atoms with Crippen molar-refractivity contribution in [2.45, 2.75) is 25.6 Å². The zero-order valence-corrected chi connectivity index (χ0v) is 9.28. The molecule has 0 fully saturated rings. The molecule has 2 unspecified atom stereocenters. The van der Waals surface area contributed by atoms with Crippen LogP contribution in [0.25, 0.3) is 0 Å². The Balaban J connectivity index is 2.81. The molecule has 0 amide bonds. The maximum Gasteiger partial charge on any atom is 0.105 e. The lowest BCUT2D eigenvalue weighted by atomic mass is 10.0. The zero-order chi connectivity index (χ0) is 11.4. The van der Waals surface area contributed by atoms with Crippen LogP contribution in [-0.4, -0.2) is 28.0 Å². The Bertz CT molecular complexity index is 328. The Kier molecular flexibility index (Phi) is 4.54. The summed E-state index contributed by atoms with van der Waals surface area (Å²) in [6.45, 7) is 1.68. The van der Waals surface area contributed by atoms with Gasteiger partial charge >= 0.3 is 0 Å². The van der Waals surface area contributed by atoms with Crippen molar-refractivity contribution in [2.24, 2.45) is 0 Å². The Labute approximate surface area is 93.9 Å². The van der Waals surface area contributed by atoms with Crippen molar-refractivity contribution in [1.29, 1.82) is 0 Å². The third-order valence-electron chi connectivity index (χ3n) is 2.31.